The predicted molar refractivity (Wildman–Crippen MR) is 121 cm³/mol. The van der Waals surface area contributed by atoms with Gasteiger partial charge in [0.05, 0.1) is 12.6 Å². The van der Waals surface area contributed by atoms with Crippen molar-refractivity contribution >= 4 is 24.2 Å². The molecule has 1 aromatic carbocycles. The molecule has 0 bridgehead atoms. The largest absolute Gasteiger partial charge is 0.381 e. The van der Waals surface area contributed by atoms with E-state index in [4.69, 9.17) is 4.74 Å². The maximum Gasteiger partial charge on any atom is 0.266 e. The summed E-state index contributed by atoms with van der Waals surface area (Å²) >= 11 is 4.59. The number of hydrogen-bond donors (Lipinski definition) is 2. The predicted octanol–water partition coefficient (Wildman–Crippen LogP) is 3.82. The molecule has 2 aliphatic heterocycles. The van der Waals surface area contributed by atoms with Crippen LogP contribution in [0.4, 0.5) is 14.5 Å². The Balaban J connectivity index is 1.65. The lowest BCUT2D eigenvalue weighted by molar-refractivity contribution is -0.134. The monoisotopic (exact) mass is 453 g/mol. The van der Waals surface area contributed by atoms with Crippen LogP contribution in [0.2, 0.25) is 0 Å². The topological polar surface area (TPSA) is 44.8 Å². The van der Waals surface area contributed by atoms with Crippen molar-refractivity contribution in [2.75, 3.05) is 32.1 Å². The van der Waals surface area contributed by atoms with Crippen LogP contribution in [0.25, 0.3) is 0 Å². The number of carbonyl (C=O) groups excluding carboxylic acids is 1. The Morgan fingerprint density at radius 2 is 1.90 bits per heavy atom. The number of amides is 1. The molecule has 1 spiro atoms. The van der Waals surface area contributed by atoms with Crippen LogP contribution in [0.5, 0.6) is 0 Å². The fraction of sp³-hybridized carbons (Fsp3) is 0.696. The van der Waals surface area contributed by atoms with E-state index in [1.807, 2.05) is 12.1 Å². The van der Waals surface area contributed by atoms with E-state index in [9.17, 15) is 13.6 Å². The van der Waals surface area contributed by atoms with Gasteiger partial charge in [-0.05, 0) is 60.8 Å². The molecule has 1 saturated carbocycles. The van der Waals surface area contributed by atoms with Gasteiger partial charge in [0.15, 0.2) is 0 Å². The Morgan fingerprint density at radius 3 is 2.55 bits per heavy atom. The number of carbonyl (C=O) groups is 1. The third-order valence-corrected chi connectivity index (χ3v) is 7.91. The van der Waals surface area contributed by atoms with Crippen LogP contribution >= 0.6 is 12.6 Å². The smallest absolute Gasteiger partial charge is 0.266 e. The zero-order valence-corrected chi connectivity index (χ0v) is 19.3. The number of hydrogen-bond acceptors (Lipinski definition) is 5. The van der Waals surface area contributed by atoms with Crippen LogP contribution in [0.3, 0.4) is 0 Å². The molecule has 1 aromatic rings. The Bertz CT molecular complexity index is 814. The standard InChI is InChI=1S/C23H33F2N3O2S/c1-27-20(29)13-22(7-5-19(30-2)6-8-22)12-16-3-4-18(11-17(16)14-26-21(27)31)28-10-9-23(24,25)15-28/h3-4,11,19,21,26,31H,5-10,12-15H2,1-2H3. The SMILES string of the molecule is COC1CCC2(CC1)CC(=O)N(C)C(S)NCc1cc(N3CCC(F)(F)C3)ccc1C2. The van der Waals surface area contributed by atoms with Gasteiger partial charge in [-0.3, -0.25) is 10.1 Å². The van der Waals surface area contributed by atoms with Crippen LogP contribution in [0.15, 0.2) is 18.2 Å². The summed E-state index contributed by atoms with van der Waals surface area (Å²) in [7, 11) is 3.54. The Morgan fingerprint density at radius 1 is 1.16 bits per heavy atom. The number of ether oxygens (including phenoxy) is 1. The molecule has 5 nitrogen and oxygen atoms in total. The third kappa shape index (κ3) is 5.01. The molecule has 1 saturated heterocycles. The van der Waals surface area contributed by atoms with Crippen molar-refractivity contribution in [1.82, 2.24) is 10.2 Å². The normalized spacial score (nSPS) is 31.7. The van der Waals surface area contributed by atoms with Crippen molar-refractivity contribution in [2.45, 2.75) is 69.0 Å². The number of benzene rings is 1. The van der Waals surface area contributed by atoms with Gasteiger partial charge in [-0.25, -0.2) is 8.78 Å². The van der Waals surface area contributed by atoms with E-state index < -0.39 is 11.4 Å². The first-order valence-electron chi connectivity index (χ1n) is 11.1. The quantitative estimate of drug-likeness (QED) is 0.669. The summed E-state index contributed by atoms with van der Waals surface area (Å²) in [6, 6.07) is 6.09. The van der Waals surface area contributed by atoms with E-state index in [2.05, 4.69) is 24.0 Å². The van der Waals surface area contributed by atoms with Crippen LogP contribution in [-0.4, -0.2) is 55.6 Å². The molecule has 0 radical (unpaired) electrons. The van der Waals surface area contributed by atoms with Gasteiger partial charge in [0.1, 0.15) is 5.50 Å². The zero-order chi connectivity index (χ0) is 22.2. The molecule has 2 heterocycles. The maximum atomic E-state index is 13.8. The number of methoxy groups -OCH3 is 1. The van der Waals surface area contributed by atoms with Crippen molar-refractivity contribution in [3.63, 3.8) is 0 Å². The van der Waals surface area contributed by atoms with E-state index >= 15 is 0 Å². The first kappa shape index (κ1) is 22.8. The number of thiol groups is 1. The number of nitrogens with one attached hydrogen (secondary N) is 1. The molecule has 8 heteroatoms. The van der Waals surface area contributed by atoms with Gasteiger partial charge >= 0.3 is 0 Å². The molecule has 2 fully saturated rings. The van der Waals surface area contributed by atoms with Gasteiger partial charge in [-0.1, -0.05) is 6.07 Å². The average Bonchev–Trinajstić information content (AvgIpc) is 3.11. The molecule has 1 amide bonds. The molecule has 172 valence electrons. The van der Waals surface area contributed by atoms with Crippen molar-refractivity contribution in [2.24, 2.45) is 5.41 Å². The van der Waals surface area contributed by atoms with Gasteiger partial charge in [-0.2, -0.15) is 0 Å². The minimum Gasteiger partial charge on any atom is -0.381 e. The van der Waals surface area contributed by atoms with E-state index in [1.54, 1.807) is 24.0 Å². The Labute approximate surface area is 188 Å². The zero-order valence-electron chi connectivity index (χ0n) is 18.4. The highest BCUT2D eigenvalue weighted by molar-refractivity contribution is 7.80. The summed E-state index contributed by atoms with van der Waals surface area (Å²) < 4.78 is 33.1. The maximum absolute atomic E-state index is 13.8. The summed E-state index contributed by atoms with van der Waals surface area (Å²) in [6.07, 6.45) is 5.24. The molecule has 1 N–H and O–H groups in total. The summed E-state index contributed by atoms with van der Waals surface area (Å²) in [5.41, 5.74) is 2.62. The van der Waals surface area contributed by atoms with Crippen LogP contribution < -0.4 is 10.2 Å². The van der Waals surface area contributed by atoms with Crippen molar-refractivity contribution in [1.29, 1.82) is 0 Å². The summed E-state index contributed by atoms with van der Waals surface area (Å²) in [5, 5.41) is 3.31. The highest BCUT2D eigenvalue weighted by atomic mass is 32.1. The van der Waals surface area contributed by atoms with Gasteiger partial charge in [0.2, 0.25) is 5.91 Å². The second-order valence-electron chi connectivity index (χ2n) is 9.53. The molecular formula is C23H33F2N3O2S. The third-order valence-electron chi connectivity index (χ3n) is 7.38. The highest BCUT2D eigenvalue weighted by Gasteiger charge is 2.41. The first-order chi connectivity index (χ1) is 14.7. The molecule has 1 atom stereocenters. The second-order valence-corrected chi connectivity index (χ2v) is 10.0. The van der Waals surface area contributed by atoms with E-state index in [0.717, 1.165) is 43.4 Å². The molecule has 0 aromatic heterocycles. The summed E-state index contributed by atoms with van der Waals surface area (Å²) in [4.78, 5) is 16.4. The average molecular weight is 454 g/mol. The number of halogens is 2. The second kappa shape index (κ2) is 8.87. The summed E-state index contributed by atoms with van der Waals surface area (Å²) in [5.74, 6) is -2.52. The number of fused-ring (bicyclic) bond motifs is 1. The lowest BCUT2D eigenvalue weighted by Crippen LogP contribution is -2.46. The Kier molecular flexibility index (Phi) is 6.52. The van der Waals surface area contributed by atoms with Crippen molar-refractivity contribution in [3.8, 4) is 0 Å². The number of nitrogens with zero attached hydrogens (tertiary/aromatic N) is 2. The molecule has 1 aliphatic carbocycles. The van der Waals surface area contributed by atoms with Gasteiger partial charge in [0.25, 0.3) is 5.92 Å². The highest BCUT2D eigenvalue weighted by Crippen LogP contribution is 2.44. The minimum atomic E-state index is -2.62. The fourth-order valence-electron chi connectivity index (χ4n) is 5.28. The first-order valence-corrected chi connectivity index (χ1v) is 11.7. The molecule has 3 aliphatic rings. The Hall–Kier alpha value is -1.38. The summed E-state index contributed by atoms with van der Waals surface area (Å²) in [6.45, 7) is 0.679. The van der Waals surface area contributed by atoms with Gasteiger partial charge in [-0.15, -0.1) is 12.6 Å². The molecule has 31 heavy (non-hydrogen) atoms. The van der Waals surface area contributed by atoms with Crippen molar-refractivity contribution < 1.29 is 18.3 Å². The van der Waals surface area contributed by atoms with Crippen LogP contribution in [-0.2, 0) is 22.5 Å². The van der Waals surface area contributed by atoms with Gasteiger partial charge < -0.3 is 14.5 Å². The number of anilines is 1. The lowest BCUT2D eigenvalue weighted by Gasteiger charge is -2.42. The van der Waals surface area contributed by atoms with Crippen molar-refractivity contribution in [3.05, 3.63) is 29.3 Å². The number of alkyl halides is 2. The fourth-order valence-corrected chi connectivity index (χ4v) is 5.50. The lowest BCUT2D eigenvalue weighted by atomic mass is 9.67. The van der Waals surface area contributed by atoms with E-state index in [0.29, 0.717) is 19.5 Å². The molecular weight excluding hydrogens is 420 g/mol. The van der Waals surface area contributed by atoms with Gasteiger partial charge in [0, 0.05) is 45.8 Å². The number of rotatable bonds is 2. The van der Waals surface area contributed by atoms with E-state index in [-0.39, 0.29) is 30.4 Å². The molecule has 4 rings (SSSR count). The minimum absolute atomic E-state index is 0.0995. The van der Waals surface area contributed by atoms with Crippen LogP contribution in [0.1, 0.15) is 49.7 Å². The molecule has 1 unspecified atom stereocenters. The van der Waals surface area contributed by atoms with E-state index in [1.165, 1.54) is 5.56 Å². The van der Waals surface area contributed by atoms with Crippen LogP contribution in [0, 0.1) is 5.41 Å².